The van der Waals surface area contributed by atoms with E-state index in [-0.39, 0.29) is 0 Å². The van der Waals surface area contributed by atoms with Crippen LogP contribution in [-0.4, -0.2) is 20.5 Å². The standard InChI is InChI=1S/C24H19NO3/c1-27-23-13-17(14-24(28-2)22(23)16-26)11-12-19-9-6-10-20(21(19)15-25)18-7-4-3-5-8-18/h3-14,16H,1-2H3/b12-11+. The van der Waals surface area contributed by atoms with Crippen LogP contribution in [0.4, 0.5) is 0 Å². The van der Waals surface area contributed by atoms with Crippen LogP contribution in [0.25, 0.3) is 23.3 Å². The van der Waals surface area contributed by atoms with Crippen molar-refractivity contribution in [3.63, 3.8) is 0 Å². The van der Waals surface area contributed by atoms with Crippen LogP contribution in [0.1, 0.15) is 27.0 Å². The van der Waals surface area contributed by atoms with Gasteiger partial charge in [-0.15, -0.1) is 0 Å². The van der Waals surface area contributed by atoms with Crippen LogP contribution in [0, 0.1) is 11.3 Å². The number of benzene rings is 3. The highest BCUT2D eigenvalue weighted by Crippen LogP contribution is 2.31. The SMILES string of the molecule is COc1cc(/C=C/c2cccc(-c3ccccc3)c2C#N)cc(OC)c1C=O. The molecule has 28 heavy (non-hydrogen) atoms. The van der Waals surface area contributed by atoms with Gasteiger partial charge in [0.2, 0.25) is 0 Å². The molecule has 0 heterocycles. The predicted molar refractivity (Wildman–Crippen MR) is 110 cm³/mol. The van der Waals surface area contributed by atoms with Crippen LogP contribution < -0.4 is 9.47 Å². The first kappa shape index (κ1) is 18.9. The zero-order valence-corrected chi connectivity index (χ0v) is 15.7. The molecule has 3 aromatic rings. The Bertz CT molecular complexity index is 1040. The zero-order valence-electron chi connectivity index (χ0n) is 15.7. The molecular formula is C24H19NO3. The molecule has 0 aliphatic rings. The number of aldehydes is 1. The van der Waals surface area contributed by atoms with Gasteiger partial charge in [0.25, 0.3) is 0 Å². The van der Waals surface area contributed by atoms with Crippen LogP contribution in [0.2, 0.25) is 0 Å². The smallest absolute Gasteiger partial charge is 0.157 e. The summed E-state index contributed by atoms with van der Waals surface area (Å²) in [6, 6.07) is 21.4. The van der Waals surface area contributed by atoms with E-state index >= 15 is 0 Å². The molecule has 0 radical (unpaired) electrons. The molecule has 0 aliphatic carbocycles. The second-order valence-corrected chi connectivity index (χ2v) is 6.04. The summed E-state index contributed by atoms with van der Waals surface area (Å²) in [5, 5.41) is 9.73. The average molecular weight is 369 g/mol. The first-order valence-corrected chi connectivity index (χ1v) is 8.69. The number of hydrogen-bond acceptors (Lipinski definition) is 4. The fourth-order valence-corrected chi connectivity index (χ4v) is 3.05. The van der Waals surface area contributed by atoms with Crippen LogP contribution in [-0.2, 0) is 0 Å². The maximum Gasteiger partial charge on any atom is 0.157 e. The third-order valence-corrected chi connectivity index (χ3v) is 4.43. The topological polar surface area (TPSA) is 59.3 Å². The third-order valence-electron chi connectivity index (χ3n) is 4.43. The monoisotopic (exact) mass is 369 g/mol. The van der Waals surface area contributed by atoms with Crippen molar-refractivity contribution in [1.29, 1.82) is 5.26 Å². The van der Waals surface area contributed by atoms with Gasteiger partial charge in [0.05, 0.1) is 25.3 Å². The summed E-state index contributed by atoms with van der Waals surface area (Å²) in [4.78, 5) is 11.3. The molecule has 0 saturated heterocycles. The number of nitriles is 1. The Morgan fingerprint density at radius 1 is 0.893 bits per heavy atom. The maximum absolute atomic E-state index is 11.3. The Balaban J connectivity index is 2.04. The van der Waals surface area contributed by atoms with Crippen molar-refractivity contribution in [2.75, 3.05) is 14.2 Å². The Hall–Kier alpha value is -3.84. The van der Waals surface area contributed by atoms with Crippen LogP contribution in [0.3, 0.4) is 0 Å². The van der Waals surface area contributed by atoms with Gasteiger partial charge in [-0.1, -0.05) is 60.7 Å². The number of nitrogens with zero attached hydrogens (tertiary/aromatic N) is 1. The van der Waals surface area contributed by atoms with Gasteiger partial charge in [-0.05, 0) is 28.8 Å². The number of carbonyl (C=O) groups is 1. The molecule has 3 rings (SSSR count). The molecule has 3 aromatic carbocycles. The maximum atomic E-state index is 11.3. The van der Waals surface area contributed by atoms with E-state index < -0.39 is 0 Å². The summed E-state index contributed by atoms with van der Waals surface area (Å²) in [6.45, 7) is 0. The van der Waals surface area contributed by atoms with Gasteiger partial charge in [-0.2, -0.15) is 5.26 Å². The lowest BCUT2D eigenvalue weighted by molar-refractivity contribution is 0.111. The van der Waals surface area contributed by atoms with Gasteiger partial charge in [-0.25, -0.2) is 0 Å². The third kappa shape index (κ3) is 3.79. The Kier molecular flexibility index (Phi) is 5.88. The largest absolute Gasteiger partial charge is 0.496 e. The van der Waals surface area contributed by atoms with Gasteiger partial charge in [-0.3, -0.25) is 4.79 Å². The molecule has 0 aliphatic heterocycles. The normalized spacial score (nSPS) is 10.5. The predicted octanol–water partition coefficient (Wildman–Crippen LogP) is 5.23. The molecule has 4 heteroatoms. The number of methoxy groups -OCH3 is 2. The molecule has 0 aromatic heterocycles. The fraction of sp³-hybridized carbons (Fsp3) is 0.0833. The van der Waals surface area contributed by atoms with E-state index in [2.05, 4.69) is 6.07 Å². The molecule has 4 nitrogen and oxygen atoms in total. The fourth-order valence-electron chi connectivity index (χ4n) is 3.05. The van der Waals surface area contributed by atoms with Crippen molar-refractivity contribution in [3.05, 3.63) is 82.9 Å². The summed E-state index contributed by atoms with van der Waals surface area (Å²) in [7, 11) is 3.01. The average Bonchev–Trinajstić information content (AvgIpc) is 2.76. The summed E-state index contributed by atoms with van der Waals surface area (Å²) in [5.74, 6) is 0.875. The summed E-state index contributed by atoms with van der Waals surface area (Å²) < 4.78 is 10.6. The van der Waals surface area contributed by atoms with Crippen molar-refractivity contribution in [3.8, 4) is 28.7 Å². The molecule has 0 amide bonds. The van der Waals surface area contributed by atoms with Crippen molar-refractivity contribution < 1.29 is 14.3 Å². The molecule has 138 valence electrons. The molecule has 0 saturated carbocycles. The highest BCUT2D eigenvalue weighted by Gasteiger charge is 2.11. The first-order chi connectivity index (χ1) is 13.7. The van der Waals surface area contributed by atoms with Gasteiger partial charge < -0.3 is 9.47 Å². The van der Waals surface area contributed by atoms with Gasteiger partial charge >= 0.3 is 0 Å². The van der Waals surface area contributed by atoms with Crippen molar-refractivity contribution in [2.24, 2.45) is 0 Å². The lowest BCUT2D eigenvalue weighted by Gasteiger charge is -2.10. The van der Waals surface area contributed by atoms with E-state index in [0.29, 0.717) is 28.9 Å². The number of carbonyl (C=O) groups excluding carboxylic acids is 1. The van der Waals surface area contributed by atoms with Crippen LogP contribution in [0.15, 0.2) is 60.7 Å². The molecule has 0 spiro atoms. The Morgan fingerprint density at radius 2 is 1.57 bits per heavy atom. The second-order valence-electron chi connectivity index (χ2n) is 6.04. The van der Waals surface area contributed by atoms with E-state index in [0.717, 1.165) is 22.3 Å². The summed E-state index contributed by atoms with van der Waals surface area (Å²) in [6.07, 6.45) is 4.45. The minimum Gasteiger partial charge on any atom is -0.496 e. The van der Waals surface area contributed by atoms with E-state index in [1.165, 1.54) is 14.2 Å². The highest BCUT2D eigenvalue weighted by atomic mass is 16.5. The van der Waals surface area contributed by atoms with Crippen molar-refractivity contribution in [1.82, 2.24) is 0 Å². The lowest BCUT2D eigenvalue weighted by atomic mass is 9.95. The minimum atomic E-state index is 0.367. The minimum absolute atomic E-state index is 0.367. The summed E-state index contributed by atoms with van der Waals surface area (Å²) >= 11 is 0. The van der Waals surface area contributed by atoms with Crippen molar-refractivity contribution in [2.45, 2.75) is 0 Å². The molecule has 0 atom stereocenters. The van der Waals surface area contributed by atoms with Crippen LogP contribution >= 0.6 is 0 Å². The molecule has 0 N–H and O–H groups in total. The summed E-state index contributed by atoms with van der Waals surface area (Å²) in [5.41, 5.74) is 4.46. The van der Waals surface area contributed by atoms with Crippen molar-refractivity contribution >= 4 is 18.4 Å². The van der Waals surface area contributed by atoms with E-state index in [9.17, 15) is 10.1 Å². The second kappa shape index (κ2) is 8.70. The number of rotatable bonds is 6. The van der Waals surface area contributed by atoms with Gasteiger partial charge in [0, 0.05) is 5.56 Å². The molecule has 0 fully saturated rings. The zero-order chi connectivity index (χ0) is 19.9. The quantitative estimate of drug-likeness (QED) is 0.441. The molecule has 0 bridgehead atoms. The Morgan fingerprint density at radius 3 is 2.14 bits per heavy atom. The highest BCUT2D eigenvalue weighted by molar-refractivity contribution is 5.86. The first-order valence-electron chi connectivity index (χ1n) is 8.69. The van der Waals surface area contributed by atoms with Crippen LogP contribution in [0.5, 0.6) is 11.5 Å². The van der Waals surface area contributed by atoms with Gasteiger partial charge in [0.15, 0.2) is 6.29 Å². The molecular weight excluding hydrogens is 350 g/mol. The number of ether oxygens (including phenoxy) is 2. The lowest BCUT2D eigenvalue weighted by Crippen LogP contribution is -1.96. The van der Waals surface area contributed by atoms with E-state index in [1.807, 2.05) is 60.7 Å². The molecule has 0 unspecified atom stereocenters. The Labute approximate surface area is 164 Å². The van der Waals surface area contributed by atoms with E-state index in [1.54, 1.807) is 12.1 Å². The van der Waals surface area contributed by atoms with Gasteiger partial charge in [0.1, 0.15) is 17.6 Å². The van der Waals surface area contributed by atoms with E-state index in [4.69, 9.17) is 9.47 Å². The number of hydrogen-bond donors (Lipinski definition) is 0.